The highest BCUT2D eigenvalue weighted by Crippen LogP contribution is 2.24. The fourth-order valence-electron chi connectivity index (χ4n) is 2.17. The summed E-state index contributed by atoms with van der Waals surface area (Å²) >= 11 is 0. The van der Waals surface area contributed by atoms with Crippen molar-refractivity contribution in [2.75, 3.05) is 24.5 Å². The van der Waals surface area contributed by atoms with E-state index in [1.165, 1.54) is 12.1 Å². The summed E-state index contributed by atoms with van der Waals surface area (Å²) in [5.74, 6) is -2.37. The third-order valence-electron chi connectivity index (χ3n) is 3.06. The molecule has 19 heavy (non-hydrogen) atoms. The first-order valence-electron chi connectivity index (χ1n) is 5.80. The maximum Gasteiger partial charge on any atom is 0.327 e. The lowest BCUT2D eigenvalue weighted by Crippen LogP contribution is -2.55. The number of halogens is 1. The van der Waals surface area contributed by atoms with E-state index in [9.17, 15) is 19.1 Å². The number of anilines is 1. The van der Waals surface area contributed by atoms with Gasteiger partial charge in [0, 0.05) is 19.6 Å². The number of nitrogens with zero attached hydrogens (tertiary/aromatic N) is 1. The average molecular weight is 267 g/mol. The van der Waals surface area contributed by atoms with Gasteiger partial charge in [0.15, 0.2) is 0 Å². The quantitative estimate of drug-likeness (QED) is 0.704. The number of rotatable bonds is 3. The molecule has 0 aliphatic carbocycles. The molecule has 1 amide bonds. The highest BCUT2D eigenvalue weighted by molar-refractivity contribution is 5.99. The molecule has 1 aromatic rings. The number of carbonyl (C=O) groups excluding carboxylic acids is 1. The number of amides is 1. The number of carboxylic acids is 1. The first-order chi connectivity index (χ1) is 9.00. The Hall–Kier alpha value is -2.15. The number of nitrogens with one attached hydrogen (secondary N) is 1. The molecule has 1 aliphatic rings. The van der Waals surface area contributed by atoms with E-state index in [1.807, 2.05) is 0 Å². The van der Waals surface area contributed by atoms with Gasteiger partial charge < -0.3 is 21.1 Å². The van der Waals surface area contributed by atoms with Crippen LogP contribution < -0.4 is 16.0 Å². The molecule has 1 heterocycles. The van der Waals surface area contributed by atoms with Crippen molar-refractivity contribution in [3.8, 4) is 0 Å². The summed E-state index contributed by atoms with van der Waals surface area (Å²) in [6, 6.07) is 2.79. The van der Waals surface area contributed by atoms with Crippen molar-refractivity contribution in [2.24, 2.45) is 5.73 Å². The molecule has 1 atom stereocenters. The van der Waals surface area contributed by atoms with Gasteiger partial charge in [0.25, 0.3) is 5.91 Å². The van der Waals surface area contributed by atoms with E-state index in [4.69, 9.17) is 5.73 Å². The van der Waals surface area contributed by atoms with Crippen molar-refractivity contribution < 1.29 is 19.1 Å². The minimum Gasteiger partial charge on any atom is -0.480 e. The van der Waals surface area contributed by atoms with E-state index in [2.05, 4.69) is 5.32 Å². The van der Waals surface area contributed by atoms with Crippen molar-refractivity contribution in [1.82, 2.24) is 5.32 Å². The van der Waals surface area contributed by atoms with Crippen molar-refractivity contribution >= 4 is 17.6 Å². The van der Waals surface area contributed by atoms with Gasteiger partial charge in [-0.05, 0) is 18.2 Å². The lowest BCUT2D eigenvalue weighted by Gasteiger charge is -2.36. The molecular weight excluding hydrogens is 253 g/mol. The third kappa shape index (κ3) is 2.65. The second-order valence-corrected chi connectivity index (χ2v) is 4.28. The zero-order valence-electron chi connectivity index (χ0n) is 10.1. The maximum atomic E-state index is 13.2. The highest BCUT2D eigenvalue weighted by Gasteiger charge is 2.30. The molecule has 2 rings (SSSR count). The first kappa shape index (κ1) is 13.3. The molecule has 7 heteroatoms. The molecule has 1 fully saturated rings. The van der Waals surface area contributed by atoms with Crippen LogP contribution in [0.1, 0.15) is 10.4 Å². The maximum absolute atomic E-state index is 13.2. The predicted octanol–water partition coefficient (Wildman–Crippen LogP) is -0.213. The standard InChI is InChI=1S/C12H14FN3O3/c13-7-1-2-9(8(5-7)11(14)17)16-4-3-15-6-10(16)12(18)19/h1-2,5,10,15H,3-4,6H2,(H2,14,17)(H,18,19). The molecule has 1 unspecified atom stereocenters. The number of carbonyl (C=O) groups is 2. The Morgan fingerprint density at radius 2 is 2.21 bits per heavy atom. The number of hydrogen-bond acceptors (Lipinski definition) is 4. The van der Waals surface area contributed by atoms with Crippen LogP contribution in [-0.2, 0) is 4.79 Å². The van der Waals surface area contributed by atoms with Crippen molar-refractivity contribution in [1.29, 1.82) is 0 Å². The van der Waals surface area contributed by atoms with E-state index in [0.29, 0.717) is 18.8 Å². The molecule has 4 N–H and O–H groups in total. The van der Waals surface area contributed by atoms with Crippen molar-refractivity contribution in [3.05, 3.63) is 29.6 Å². The van der Waals surface area contributed by atoms with E-state index in [-0.39, 0.29) is 12.1 Å². The molecular formula is C12H14FN3O3. The van der Waals surface area contributed by atoms with Crippen LogP contribution in [0.3, 0.4) is 0 Å². The van der Waals surface area contributed by atoms with Gasteiger partial charge in [0.05, 0.1) is 11.3 Å². The number of carboxylic acid groups (broad SMARTS) is 1. The van der Waals surface area contributed by atoms with Gasteiger partial charge in [-0.3, -0.25) is 4.79 Å². The molecule has 1 aliphatic heterocycles. The number of piperazine rings is 1. The average Bonchev–Trinajstić information content (AvgIpc) is 2.38. The summed E-state index contributed by atoms with van der Waals surface area (Å²) < 4.78 is 13.2. The smallest absolute Gasteiger partial charge is 0.327 e. The summed E-state index contributed by atoms with van der Waals surface area (Å²) in [5.41, 5.74) is 5.56. The Labute approximate surface area is 109 Å². The number of aliphatic carboxylic acids is 1. The van der Waals surface area contributed by atoms with Crippen LogP contribution in [0.2, 0.25) is 0 Å². The van der Waals surface area contributed by atoms with Crippen LogP contribution >= 0.6 is 0 Å². The van der Waals surface area contributed by atoms with Gasteiger partial charge >= 0.3 is 5.97 Å². The summed E-state index contributed by atoms with van der Waals surface area (Å²) in [6.07, 6.45) is 0. The Kier molecular flexibility index (Phi) is 3.66. The number of benzene rings is 1. The van der Waals surface area contributed by atoms with Gasteiger partial charge in [0.2, 0.25) is 0 Å². The molecule has 102 valence electrons. The van der Waals surface area contributed by atoms with Gasteiger partial charge in [-0.25, -0.2) is 9.18 Å². The van der Waals surface area contributed by atoms with Crippen LogP contribution in [0.5, 0.6) is 0 Å². The largest absolute Gasteiger partial charge is 0.480 e. The minimum atomic E-state index is -1.01. The van der Waals surface area contributed by atoms with E-state index < -0.39 is 23.7 Å². The molecule has 6 nitrogen and oxygen atoms in total. The highest BCUT2D eigenvalue weighted by atomic mass is 19.1. The summed E-state index contributed by atoms with van der Waals surface area (Å²) in [4.78, 5) is 24.1. The molecule has 0 saturated carbocycles. The molecule has 1 saturated heterocycles. The van der Waals surface area contributed by atoms with Crippen LogP contribution in [0.15, 0.2) is 18.2 Å². The van der Waals surface area contributed by atoms with E-state index in [0.717, 1.165) is 6.07 Å². The summed E-state index contributed by atoms with van der Waals surface area (Å²) in [7, 11) is 0. The number of primary amides is 1. The van der Waals surface area contributed by atoms with Crippen LogP contribution in [0.4, 0.5) is 10.1 Å². The van der Waals surface area contributed by atoms with Gasteiger partial charge in [-0.2, -0.15) is 0 Å². The topological polar surface area (TPSA) is 95.7 Å². The Bertz CT molecular complexity index is 521. The number of hydrogen-bond donors (Lipinski definition) is 3. The lowest BCUT2D eigenvalue weighted by molar-refractivity contribution is -0.138. The van der Waals surface area contributed by atoms with Crippen LogP contribution in [0, 0.1) is 5.82 Å². The zero-order valence-corrected chi connectivity index (χ0v) is 10.1. The van der Waals surface area contributed by atoms with Gasteiger partial charge in [0.1, 0.15) is 11.9 Å². The van der Waals surface area contributed by atoms with Crippen molar-refractivity contribution in [3.63, 3.8) is 0 Å². The lowest BCUT2D eigenvalue weighted by atomic mass is 10.1. The molecule has 1 aromatic carbocycles. The van der Waals surface area contributed by atoms with E-state index >= 15 is 0 Å². The van der Waals surface area contributed by atoms with Crippen LogP contribution in [-0.4, -0.2) is 42.7 Å². The first-order valence-corrected chi connectivity index (χ1v) is 5.80. The molecule has 0 bridgehead atoms. The van der Waals surface area contributed by atoms with Crippen LogP contribution in [0.25, 0.3) is 0 Å². The zero-order chi connectivity index (χ0) is 14.0. The minimum absolute atomic E-state index is 0.00634. The molecule has 0 spiro atoms. The monoisotopic (exact) mass is 267 g/mol. The summed E-state index contributed by atoms with van der Waals surface area (Å²) in [5, 5.41) is 12.1. The summed E-state index contributed by atoms with van der Waals surface area (Å²) in [6.45, 7) is 1.24. The molecule has 0 radical (unpaired) electrons. The van der Waals surface area contributed by atoms with Gasteiger partial charge in [-0.1, -0.05) is 0 Å². The fraction of sp³-hybridized carbons (Fsp3) is 0.333. The number of nitrogens with two attached hydrogens (primary N) is 1. The third-order valence-corrected chi connectivity index (χ3v) is 3.06. The predicted molar refractivity (Wildman–Crippen MR) is 66.6 cm³/mol. The molecule has 0 aromatic heterocycles. The fourth-order valence-corrected chi connectivity index (χ4v) is 2.17. The second kappa shape index (κ2) is 5.23. The van der Waals surface area contributed by atoms with E-state index in [1.54, 1.807) is 4.90 Å². The Balaban J connectivity index is 2.44. The second-order valence-electron chi connectivity index (χ2n) is 4.28. The Morgan fingerprint density at radius 3 is 2.84 bits per heavy atom. The normalized spacial score (nSPS) is 19.2. The SMILES string of the molecule is NC(=O)c1cc(F)ccc1N1CCNCC1C(=O)O. The van der Waals surface area contributed by atoms with Gasteiger partial charge in [-0.15, -0.1) is 0 Å². The Morgan fingerprint density at radius 1 is 1.47 bits per heavy atom. The van der Waals surface area contributed by atoms with Crippen molar-refractivity contribution in [2.45, 2.75) is 6.04 Å².